The van der Waals surface area contributed by atoms with Crippen LogP contribution in [-0.2, 0) is 4.79 Å². The van der Waals surface area contributed by atoms with Gasteiger partial charge in [-0.2, -0.15) is 4.98 Å². The van der Waals surface area contributed by atoms with Crippen molar-refractivity contribution >= 4 is 23.4 Å². The third-order valence-electron chi connectivity index (χ3n) is 4.75. The number of nitrogens with zero attached hydrogens (tertiary/aromatic N) is 4. The third-order valence-corrected chi connectivity index (χ3v) is 4.75. The van der Waals surface area contributed by atoms with Gasteiger partial charge in [0.1, 0.15) is 5.69 Å². The van der Waals surface area contributed by atoms with Gasteiger partial charge in [0, 0.05) is 27.2 Å². The first kappa shape index (κ1) is 18.2. The topological polar surface area (TPSA) is 61.4 Å². The second-order valence-electron chi connectivity index (χ2n) is 6.86. The van der Waals surface area contributed by atoms with E-state index >= 15 is 0 Å². The minimum atomic E-state index is -0.190. The number of nitrogens with one attached hydrogen (secondary N) is 1. The highest BCUT2D eigenvalue weighted by Crippen LogP contribution is 2.27. The van der Waals surface area contributed by atoms with Gasteiger partial charge in [-0.1, -0.05) is 37.3 Å². The monoisotopic (exact) mass is 353 g/mol. The number of rotatable bonds is 6. The fraction of sp³-hybridized carbons (Fsp3) is 0.450. The molecule has 1 aromatic carbocycles. The summed E-state index contributed by atoms with van der Waals surface area (Å²) in [5.41, 5.74) is 1.67. The van der Waals surface area contributed by atoms with Gasteiger partial charge in [0.25, 0.3) is 0 Å². The zero-order valence-electron chi connectivity index (χ0n) is 15.8. The van der Waals surface area contributed by atoms with E-state index in [1.165, 1.54) is 12.8 Å². The lowest BCUT2D eigenvalue weighted by Gasteiger charge is -2.22. The number of anilines is 3. The summed E-state index contributed by atoms with van der Waals surface area (Å²) >= 11 is 0. The standard InChI is InChI=1S/C20H27N5O/c1-4-16(15-10-6-5-7-11-15)19(26)22-17-14-21-20(23-18(17)24(2)3)25-12-8-9-13-25/h5-7,10-11,14,16H,4,8-9,12-13H2,1-3H3,(H,22,26). The molecule has 1 atom stereocenters. The number of amides is 1. The quantitative estimate of drug-likeness (QED) is 0.863. The second kappa shape index (κ2) is 8.17. The van der Waals surface area contributed by atoms with Crippen LogP contribution in [0.5, 0.6) is 0 Å². The van der Waals surface area contributed by atoms with Gasteiger partial charge in [0.15, 0.2) is 5.82 Å². The molecule has 1 N–H and O–H groups in total. The van der Waals surface area contributed by atoms with Crippen LogP contribution in [0.25, 0.3) is 0 Å². The Morgan fingerprint density at radius 1 is 1.23 bits per heavy atom. The molecule has 2 aromatic rings. The summed E-state index contributed by atoms with van der Waals surface area (Å²) in [6.45, 7) is 4.01. The first-order valence-corrected chi connectivity index (χ1v) is 9.25. The van der Waals surface area contributed by atoms with Crippen molar-refractivity contribution in [2.75, 3.05) is 42.3 Å². The first-order chi connectivity index (χ1) is 12.6. The van der Waals surface area contributed by atoms with Gasteiger partial charge < -0.3 is 15.1 Å². The first-order valence-electron chi connectivity index (χ1n) is 9.25. The van der Waals surface area contributed by atoms with Crippen LogP contribution in [0.2, 0.25) is 0 Å². The highest BCUT2D eigenvalue weighted by Gasteiger charge is 2.22. The van der Waals surface area contributed by atoms with E-state index in [2.05, 4.69) is 15.2 Å². The summed E-state index contributed by atoms with van der Waals surface area (Å²) in [6, 6.07) is 9.87. The lowest BCUT2D eigenvalue weighted by Crippen LogP contribution is -2.25. The Morgan fingerprint density at radius 3 is 2.54 bits per heavy atom. The maximum Gasteiger partial charge on any atom is 0.232 e. The molecule has 1 unspecified atom stereocenters. The third kappa shape index (κ3) is 3.95. The number of benzene rings is 1. The summed E-state index contributed by atoms with van der Waals surface area (Å²) in [7, 11) is 3.86. The van der Waals surface area contributed by atoms with Crippen LogP contribution in [0.15, 0.2) is 36.5 Å². The second-order valence-corrected chi connectivity index (χ2v) is 6.86. The van der Waals surface area contributed by atoms with Crippen LogP contribution in [0.3, 0.4) is 0 Å². The Labute approximate surface area is 155 Å². The van der Waals surface area contributed by atoms with Crippen LogP contribution in [0.1, 0.15) is 37.7 Å². The highest BCUT2D eigenvalue weighted by molar-refractivity contribution is 5.97. The highest BCUT2D eigenvalue weighted by atomic mass is 16.1. The molecule has 1 aliphatic rings. The number of carbonyl (C=O) groups excluding carboxylic acids is 1. The maximum atomic E-state index is 12.9. The summed E-state index contributed by atoms with van der Waals surface area (Å²) in [5, 5.41) is 3.04. The van der Waals surface area contributed by atoms with E-state index in [1.54, 1.807) is 6.20 Å². The number of aromatic nitrogens is 2. The molecule has 1 saturated heterocycles. The number of hydrogen-bond acceptors (Lipinski definition) is 5. The molecular formula is C20H27N5O. The molecule has 1 amide bonds. The maximum absolute atomic E-state index is 12.9. The normalized spacial score (nSPS) is 15.0. The van der Waals surface area contributed by atoms with Crippen molar-refractivity contribution in [1.29, 1.82) is 0 Å². The Balaban J connectivity index is 1.82. The Kier molecular flexibility index (Phi) is 5.71. The van der Waals surface area contributed by atoms with Crippen LogP contribution in [-0.4, -0.2) is 43.1 Å². The zero-order valence-corrected chi connectivity index (χ0v) is 15.8. The van der Waals surface area contributed by atoms with Crippen molar-refractivity contribution in [2.45, 2.75) is 32.1 Å². The van der Waals surface area contributed by atoms with E-state index in [0.29, 0.717) is 5.69 Å². The molecule has 0 aliphatic carbocycles. The molecule has 1 aromatic heterocycles. The van der Waals surface area contributed by atoms with Gasteiger partial charge >= 0.3 is 0 Å². The van der Waals surface area contributed by atoms with Crippen molar-refractivity contribution in [2.24, 2.45) is 0 Å². The molecule has 26 heavy (non-hydrogen) atoms. The predicted molar refractivity (Wildman–Crippen MR) is 106 cm³/mol. The van der Waals surface area contributed by atoms with Crippen molar-refractivity contribution < 1.29 is 4.79 Å². The predicted octanol–water partition coefficient (Wildman–Crippen LogP) is 3.28. The minimum Gasteiger partial charge on any atom is -0.361 e. The van der Waals surface area contributed by atoms with Gasteiger partial charge in [-0.3, -0.25) is 4.79 Å². The van der Waals surface area contributed by atoms with E-state index in [-0.39, 0.29) is 11.8 Å². The van der Waals surface area contributed by atoms with Crippen LogP contribution in [0, 0.1) is 0 Å². The smallest absolute Gasteiger partial charge is 0.232 e. The number of hydrogen-bond donors (Lipinski definition) is 1. The Bertz CT molecular complexity index is 741. The molecule has 138 valence electrons. The van der Waals surface area contributed by atoms with Crippen molar-refractivity contribution in [1.82, 2.24) is 9.97 Å². The largest absolute Gasteiger partial charge is 0.361 e. The Hall–Kier alpha value is -2.63. The van der Waals surface area contributed by atoms with Gasteiger partial charge in [-0.15, -0.1) is 0 Å². The molecule has 3 rings (SSSR count). The van der Waals surface area contributed by atoms with Crippen LogP contribution < -0.4 is 15.1 Å². The van der Waals surface area contributed by atoms with Gasteiger partial charge in [-0.25, -0.2) is 4.98 Å². The molecule has 0 spiro atoms. The molecule has 0 radical (unpaired) electrons. The Morgan fingerprint density at radius 2 is 1.92 bits per heavy atom. The van der Waals surface area contributed by atoms with Crippen LogP contribution in [0.4, 0.5) is 17.5 Å². The van der Waals surface area contributed by atoms with Crippen molar-refractivity contribution in [3.05, 3.63) is 42.1 Å². The summed E-state index contributed by atoms with van der Waals surface area (Å²) < 4.78 is 0. The lowest BCUT2D eigenvalue weighted by atomic mass is 9.95. The molecule has 0 saturated carbocycles. The summed E-state index contributed by atoms with van der Waals surface area (Å²) in [5.74, 6) is 1.25. The minimum absolute atomic E-state index is 0.0284. The molecule has 1 aliphatic heterocycles. The van der Waals surface area contributed by atoms with Crippen molar-refractivity contribution in [3.8, 4) is 0 Å². The van der Waals surface area contributed by atoms with Gasteiger partial charge in [0.2, 0.25) is 11.9 Å². The average Bonchev–Trinajstić information content (AvgIpc) is 3.18. The van der Waals surface area contributed by atoms with E-state index in [1.807, 2.05) is 56.3 Å². The fourth-order valence-electron chi connectivity index (χ4n) is 3.34. The fourth-order valence-corrected chi connectivity index (χ4v) is 3.34. The van der Waals surface area contributed by atoms with E-state index < -0.39 is 0 Å². The molecule has 6 nitrogen and oxygen atoms in total. The summed E-state index contributed by atoms with van der Waals surface area (Å²) in [4.78, 5) is 26.2. The SMILES string of the molecule is CCC(C(=O)Nc1cnc(N2CCCC2)nc1N(C)C)c1ccccc1. The molecule has 1 fully saturated rings. The molecule has 0 bridgehead atoms. The summed E-state index contributed by atoms with van der Waals surface area (Å²) in [6.07, 6.45) is 4.81. The molecule has 2 heterocycles. The number of carbonyl (C=O) groups is 1. The van der Waals surface area contributed by atoms with Crippen LogP contribution >= 0.6 is 0 Å². The van der Waals surface area contributed by atoms with E-state index in [4.69, 9.17) is 4.98 Å². The van der Waals surface area contributed by atoms with E-state index in [0.717, 1.165) is 36.8 Å². The zero-order chi connectivity index (χ0) is 18.5. The molecular weight excluding hydrogens is 326 g/mol. The lowest BCUT2D eigenvalue weighted by molar-refractivity contribution is -0.117. The van der Waals surface area contributed by atoms with Crippen molar-refractivity contribution in [3.63, 3.8) is 0 Å². The van der Waals surface area contributed by atoms with E-state index in [9.17, 15) is 4.79 Å². The average molecular weight is 353 g/mol. The van der Waals surface area contributed by atoms with Gasteiger partial charge in [0.05, 0.1) is 12.1 Å². The molecule has 6 heteroatoms. The van der Waals surface area contributed by atoms with Gasteiger partial charge in [-0.05, 0) is 24.8 Å².